The second-order valence-electron chi connectivity index (χ2n) is 2.68. The van der Waals surface area contributed by atoms with Crippen molar-refractivity contribution in [2.75, 3.05) is 0 Å². The first kappa shape index (κ1) is 16.2. The maximum atomic E-state index is 10.7. The van der Waals surface area contributed by atoms with Crippen LogP contribution < -0.4 is 5.32 Å². The van der Waals surface area contributed by atoms with Crippen molar-refractivity contribution in [2.45, 2.75) is 18.7 Å². The summed E-state index contributed by atoms with van der Waals surface area (Å²) in [7, 11) is -4.29. The molecule has 7 heteroatoms. The van der Waals surface area contributed by atoms with Crippen molar-refractivity contribution in [3.63, 3.8) is 0 Å². The topological polar surface area (TPSA) is 83.5 Å². The predicted octanol–water partition coefficient (Wildman–Crippen LogP) is -0.468. The number of hydrogen-bond donors (Lipinski definition) is 2. The third-order valence-corrected chi connectivity index (χ3v) is 2.65. The summed E-state index contributed by atoms with van der Waals surface area (Å²) in [6.45, 7) is 5.48. The molecule has 0 heterocycles. The number of amides is 1. The van der Waals surface area contributed by atoms with E-state index in [2.05, 4.69) is 11.9 Å². The quantitative estimate of drug-likeness (QED) is 0.391. The first-order valence-electron chi connectivity index (χ1n) is 3.12. The molecule has 0 atom stereocenters. The van der Waals surface area contributed by atoms with Gasteiger partial charge >= 0.3 is 0 Å². The maximum absolute atomic E-state index is 10.7. The van der Waals surface area contributed by atoms with Gasteiger partial charge in [-0.2, -0.15) is 8.42 Å². The number of hydrogen-bond acceptors (Lipinski definition) is 3. The van der Waals surface area contributed by atoms with E-state index in [4.69, 9.17) is 4.55 Å². The van der Waals surface area contributed by atoms with Gasteiger partial charge in [-0.25, -0.2) is 0 Å². The van der Waals surface area contributed by atoms with Gasteiger partial charge in [-0.1, -0.05) is 6.58 Å². The first-order chi connectivity index (χ1) is 5.20. The van der Waals surface area contributed by atoms with Gasteiger partial charge in [0.1, 0.15) is 0 Å². The largest absolute Gasteiger partial charge is 0.332 e. The Kier molecular flexibility index (Phi) is 6.97. The van der Waals surface area contributed by atoms with Crippen molar-refractivity contribution >= 4 is 67.4 Å². The molecule has 0 saturated heterocycles. The van der Waals surface area contributed by atoms with Crippen LogP contribution in [-0.4, -0.2) is 75.1 Å². The minimum Gasteiger partial charge on any atom is -0.332 e. The molecule has 1 radical (unpaired) electrons. The van der Waals surface area contributed by atoms with E-state index in [0.717, 1.165) is 6.08 Å². The van der Waals surface area contributed by atoms with Crippen molar-refractivity contribution in [2.24, 2.45) is 0 Å². The second-order valence-corrected chi connectivity index (χ2v) is 4.65. The van der Waals surface area contributed by atoms with Crippen LogP contribution in [0.1, 0.15) is 13.8 Å². The molecule has 0 aliphatic heterocycles. The zero-order valence-electron chi connectivity index (χ0n) is 7.86. The number of nitrogens with one attached hydrogen (secondary N) is 1. The Morgan fingerprint density at radius 1 is 1.54 bits per heavy atom. The van der Waals surface area contributed by atoms with Crippen LogP contribution in [0, 0.1) is 0 Å². The molecule has 0 aliphatic carbocycles. The van der Waals surface area contributed by atoms with Gasteiger partial charge in [0, 0.05) is 51.4 Å². The van der Waals surface area contributed by atoms with E-state index in [1.165, 1.54) is 13.8 Å². The normalized spacial score (nSPS) is 11.3. The standard InChI is InChI=1S/C6H11NO4S.K/c1-4-5(8)7-6(2,3)12(9,10)11;/h4H,1H2,2-3H3,(H,7,8)(H,9,10,11);. The van der Waals surface area contributed by atoms with Crippen molar-refractivity contribution in [3.8, 4) is 0 Å². The van der Waals surface area contributed by atoms with Crippen LogP contribution in [0.4, 0.5) is 0 Å². The van der Waals surface area contributed by atoms with Gasteiger partial charge in [-0.15, -0.1) is 0 Å². The number of carbonyl (C=O) groups is 1. The van der Waals surface area contributed by atoms with Crippen LogP contribution >= 0.6 is 0 Å². The molecule has 2 N–H and O–H groups in total. The van der Waals surface area contributed by atoms with Gasteiger partial charge in [-0.3, -0.25) is 9.35 Å². The summed E-state index contributed by atoms with van der Waals surface area (Å²) < 4.78 is 29.8. The molecular weight excluding hydrogens is 221 g/mol. The molecule has 0 aromatic rings. The zero-order valence-corrected chi connectivity index (χ0v) is 11.8. The molecule has 71 valence electrons. The van der Waals surface area contributed by atoms with Crippen LogP contribution in [0.3, 0.4) is 0 Å². The van der Waals surface area contributed by atoms with E-state index in [-0.39, 0.29) is 51.4 Å². The Morgan fingerprint density at radius 2 is 1.92 bits per heavy atom. The van der Waals surface area contributed by atoms with Crippen molar-refractivity contribution in [1.29, 1.82) is 0 Å². The summed E-state index contributed by atoms with van der Waals surface area (Å²) >= 11 is 0. The smallest absolute Gasteiger partial charge is 0.288 e. The average Bonchev–Trinajstić information content (AvgIpc) is 1.84. The fourth-order valence-electron chi connectivity index (χ4n) is 0.412. The molecule has 0 aliphatic rings. The molecule has 0 rings (SSSR count). The Labute approximate surface area is 120 Å². The van der Waals surface area contributed by atoms with Crippen LogP contribution in [0.15, 0.2) is 12.7 Å². The summed E-state index contributed by atoms with van der Waals surface area (Å²) in [5, 5.41) is 2.05. The molecular formula is C6H11KNO4S. The number of rotatable bonds is 3. The third kappa shape index (κ3) is 5.26. The molecule has 0 unspecified atom stereocenters. The summed E-state index contributed by atoms with van der Waals surface area (Å²) in [5.74, 6) is -0.655. The summed E-state index contributed by atoms with van der Waals surface area (Å²) in [6, 6.07) is 0. The minimum absolute atomic E-state index is 0. The van der Waals surface area contributed by atoms with Crippen molar-refractivity contribution < 1.29 is 17.8 Å². The Bertz CT molecular complexity index is 296. The van der Waals surface area contributed by atoms with Crippen molar-refractivity contribution in [1.82, 2.24) is 5.32 Å². The molecule has 1 amide bonds. The molecule has 5 nitrogen and oxygen atoms in total. The minimum atomic E-state index is -4.29. The van der Waals surface area contributed by atoms with E-state index >= 15 is 0 Å². The monoisotopic (exact) mass is 232 g/mol. The van der Waals surface area contributed by atoms with Gasteiger partial charge in [0.15, 0.2) is 4.87 Å². The van der Waals surface area contributed by atoms with Crippen LogP contribution in [0.2, 0.25) is 0 Å². The number of carbonyl (C=O) groups excluding carboxylic acids is 1. The van der Waals surface area contributed by atoms with E-state index < -0.39 is 20.9 Å². The zero-order chi connectivity index (χ0) is 9.99. The van der Waals surface area contributed by atoms with E-state index in [1.54, 1.807) is 0 Å². The van der Waals surface area contributed by atoms with Gasteiger partial charge in [0.25, 0.3) is 10.1 Å². The summed E-state index contributed by atoms with van der Waals surface area (Å²) in [4.78, 5) is 8.99. The molecule has 0 fully saturated rings. The molecule has 0 spiro atoms. The van der Waals surface area contributed by atoms with Crippen LogP contribution in [-0.2, 0) is 14.9 Å². The summed E-state index contributed by atoms with van der Waals surface area (Å²) in [6.07, 6.45) is 0.924. The predicted molar refractivity (Wildman–Crippen MR) is 49.7 cm³/mol. The van der Waals surface area contributed by atoms with Gasteiger partial charge in [-0.05, 0) is 19.9 Å². The van der Waals surface area contributed by atoms with Crippen LogP contribution in [0.5, 0.6) is 0 Å². The molecule has 0 saturated carbocycles. The van der Waals surface area contributed by atoms with Gasteiger partial charge in [0.2, 0.25) is 5.91 Å². The van der Waals surface area contributed by atoms with E-state index in [1.807, 2.05) is 0 Å². The Hall–Kier alpha value is 0.756. The maximum Gasteiger partial charge on any atom is 0.288 e. The second kappa shape index (κ2) is 5.59. The third-order valence-electron chi connectivity index (χ3n) is 1.25. The summed E-state index contributed by atoms with van der Waals surface area (Å²) in [5.41, 5.74) is 0. The van der Waals surface area contributed by atoms with Crippen molar-refractivity contribution in [3.05, 3.63) is 12.7 Å². The Balaban J connectivity index is 0. The molecule has 0 aromatic heterocycles. The van der Waals surface area contributed by atoms with Gasteiger partial charge < -0.3 is 5.32 Å². The SMILES string of the molecule is C=CC(=O)NC(C)(C)S(=O)(=O)O.[K]. The van der Waals surface area contributed by atoms with Gasteiger partial charge in [0.05, 0.1) is 0 Å². The van der Waals surface area contributed by atoms with E-state index in [9.17, 15) is 13.2 Å². The Morgan fingerprint density at radius 3 is 2.15 bits per heavy atom. The van der Waals surface area contributed by atoms with Crippen LogP contribution in [0.25, 0.3) is 0 Å². The molecule has 13 heavy (non-hydrogen) atoms. The average molecular weight is 232 g/mol. The fourth-order valence-corrected chi connectivity index (χ4v) is 0.642. The molecule has 0 aromatic carbocycles. The molecule has 0 bridgehead atoms. The van der Waals surface area contributed by atoms with E-state index in [0.29, 0.717) is 0 Å². The fraction of sp³-hybridized carbons (Fsp3) is 0.500. The first-order valence-corrected chi connectivity index (χ1v) is 4.56.